The second kappa shape index (κ2) is 10.7. The van der Waals surface area contributed by atoms with Crippen LogP contribution in [-0.2, 0) is 16.6 Å². The zero-order valence-corrected chi connectivity index (χ0v) is 17.6. The molecule has 0 amide bonds. The summed E-state index contributed by atoms with van der Waals surface area (Å²) < 4.78 is 44.6. The Labute approximate surface area is 177 Å². The molecule has 0 atom stereocenters. The van der Waals surface area contributed by atoms with E-state index >= 15 is 0 Å². The van der Waals surface area contributed by atoms with E-state index < -0.39 is 10.0 Å². The van der Waals surface area contributed by atoms with Crippen LogP contribution in [0.5, 0.6) is 17.2 Å². The Kier molecular flexibility index (Phi) is 7.70. The van der Waals surface area contributed by atoms with Crippen LogP contribution in [0.25, 0.3) is 0 Å². The lowest BCUT2D eigenvalue weighted by Gasteiger charge is -2.13. The zero-order valence-electron chi connectivity index (χ0n) is 16.8. The molecule has 0 aliphatic rings. The van der Waals surface area contributed by atoms with Crippen LogP contribution in [0.1, 0.15) is 12.0 Å². The lowest BCUT2D eigenvalue weighted by Crippen LogP contribution is -2.23. The Morgan fingerprint density at radius 3 is 2.17 bits per heavy atom. The molecule has 158 valence electrons. The third kappa shape index (κ3) is 6.23. The van der Waals surface area contributed by atoms with Crippen molar-refractivity contribution in [3.63, 3.8) is 0 Å². The van der Waals surface area contributed by atoms with Gasteiger partial charge in [0.05, 0.1) is 25.2 Å². The zero-order chi connectivity index (χ0) is 21.2. The van der Waals surface area contributed by atoms with Crippen molar-refractivity contribution in [2.45, 2.75) is 17.9 Å². The Bertz CT molecular complexity index is 1020. The summed E-state index contributed by atoms with van der Waals surface area (Å²) in [5, 5.41) is 0. The fourth-order valence-electron chi connectivity index (χ4n) is 2.74. The average Bonchev–Trinajstić information content (AvgIpc) is 2.79. The van der Waals surface area contributed by atoms with Gasteiger partial charge in [-0.15, -0.1) is 0 Å². The van der Waals surface area contributed by atoms with Gasteiger partial charge in [0.25, 0.3) is 0 Å². The van der Waals surface area contributed by atoms with Crippen molar-refractivity contribution in [1.29, 1.82) is 0 Å². The first-order chi connectivity index (χ1) is 14.6. The monoisotopic (exact) mass is 427 g/mol. The molecule has 1 N–H and O–H groups in total. The van der Waals surface area contributed by atoms with Crippen molar-refractivity contribution in [2.75, 3.05) is 20.3 Å². The molecule has 0 saturated heterocycles. The van der Waals surface area contributed by atoms with Crippen molar-refractivity contribution in [1.82, 2.24) is 4.72 Å². The van der Waals surface area contributed by atoms with Gasteiger partial charge in [-0.25, -0.2) is 13.1 Å². The highest BCUT2D eigenvalue weighted by atomic mass is 32.2. The molecule has 7 heteroatoms. The predicted molar refractivity (Wildman–Crippen MR) is 116 cm³/mol. The van der Waals surface area contributed by atoms with Gasteiger partial charge in [-0.3, -0.25) is 0 Å². The smallest absolute Gasteiger partial charge is 0.241 e. The van der Waals surface area contributed by atoms with E-state index in [-0.39, 0.29) is 11.4 Å². The molecule has 0 bridgehead atoms. The number of rotatable bonds is 11. The third-order valence-corrected chi connectivity index (χ3v) is 5.71. The average molecular weight is 428 g/mol. The number of para-hydroxylation sites is 1. The van der Waals surface area contributed by atoms with Crippen LogP contribution in [0.3, 0.4) is 0 Å². The topological polar surface area (TPSA) is 73.9 Å². The van der Waals surface area contributed by atoms with Gasteiger partial charge in [0.2, 0.25) is 10.0 Å². The maximum absolute atomic E-state index is 12.7. The molecule has 3 aromatic carbocycles. The maximum atomic E-state index is 12.7. The highest BCUT2D eigenvalue weighted by Gasteiger charge is 2.17. The summed E-state index contributed by atoms with van der Waals surface area (Å²) >= 11 is 0. The van der Waals surface area contributed by atoms with Crippen LogP contribution in [0.2, 0.25) is 0 Å². The quantitative estimate of drug-likeness (QED) is 0.468. The van der Waals surface area contributed by atoms with E-state index in [1.807, 2.05) is 60.7 Å². The van der Waals surface area contributed by atoms with E-state index in [4.69, 9.17) is 14.2 Å². The van der Waals surface area contributed by atoms with E-state index in [0.29, 0.717) is 31.1 Å². The predicted octanol–water partition coefficient (Wildman–Crippen LogP) is 4.02. The summed E-state index contributed by atoms with van der Waals surface area (Å²) in [5.41, 5.74) is 0.879. The van der Waals surface area contributed by atoms with Gasteiger partial charge in [0.1, 0.15) is 5.75 Å². The van der Waals surface area contributed by atoms with Gasteiger partial charge >= 0.3 is 0 Å². The normalized spacial score (nSPS) is 11.1. The molecular weight excluding hydrogens is 402 g/mol. The first kappa shape index (κ1) is 21.7. The largest absolute Gasteiger partial charge is 0.493 e. The van der Waals surface area contributed by atoms with Crippen molar-refractivity contribution in [2.24, 2.45) is 0 Å². The standard InChI is InChI=1S/C23H25NO5S/c1-27-22-14-13-21(30(25,26)24-18-19-9-4-2-5-10-19)17-23(22)29-16-8-15-28-20-11-6-3-7-12-20/h2-7,9-14,17,24H,8,15-16,18H2,1H3. The SMILES string of the molecule is COc1ccc(S(=O)(=O)NCc2ccccc2)cc1OCCCOc1ccccc1. The minimum absolute atomic E-state index is 0.120. The summed E-state index contributed by atoms with van der Waals surface area (Å²) in [6.45, 7) is 1.06. The fraction of sp³-hybridized carbons (Fsp3) is 0.217. The van der Waals surface area contributed by atoms with Gasteiger partial charge in [-0.05, 0) is 29.8 Å². The van der Waals surface area contributed by atoms with Crippen molar-refractivity contribution in [3.8, 4) is 17.2 Å². The number of hydrogen-bond donors (Lipinski definition) is 1. The summed E-state index contributed by atoms with van der Waals surface area (Å²) in [4.78, 5) is 0.120. The molecule has 30 heavy (non-hydrogen) atoms. The molecular formula is C23H25NO5S. The molecule has 3 rings (SSSR count). The van der Waals surface area contributed by atoms with E-state index in [1.54, 1.807) is 6.07 Å². The number of sulfonamides is 1. The fourth-order valence-corrected chi connectivity index (χ4v) is 3.78. The van der Waals surface area contributed by atoms with Crippen LogP contribution in [0, 0.1) is 0 Å². The summed E-state index contributed by atoms with van der Waals surface area (Å²) in [6, 6.07) is 23.4. The molecule has 0 fully saturated rings. The number of benzene rings is 3. The van der Waals surface area contributed by atoms with Crippen LogP contribution in [0.15, 0.2) is 83.8 Å². The summed E-state index contributed by atoms with van der Waals surface area (Å²) in [6.07, 6.45) is 0.640. The lowest BCUT2D eigenvalue weighted by molar-refractivity contribution is 0.240. The molecule has 6 nitrogen and oxygen atoms in total. The Balaban J connectivity index is 1.58. The van der Waals surface area contributed by atoms with Crippen LogP contribution < -0.4 is 18.9 Å². The van der Waals surface area contributed by atoms with Crippen molar-refractivity contribution in [3.05, 3.63) is 84.4 Å². The second-order valence-corrected chi connectivity index (χ2v) is 8.25. The molecule has 0 radical (unpaired) electrons. The van der Waals surface area contributed by atoms with Gasteiger partial charge in [0, 0.05) is 19.0 Å². The molecule has 0 unspecified atom stereocenters. The Hall–Kier alpha value is -3.03. The van der Waals surface area contributed by atoms with Crippen molar-refractivity contribution >= 4 is 10.0 Å². The Morgan fingerprint density at radius 1 is 0.800 bits per heavy atom. The number of methoxy groups -OCH3 is 1. The van der Waals surface area contributed by atoms with E-state index in [1.165, 1.54) is 19.2 Å². The molecule has 0 heterocycles. The first-order valence-corrected chi connectivity index (χ1v) is 11.1. The highest BCUT2D eigenvalue weighted by molar-refractivity contribution is 7.89. The van der Waals surface area contributed by atoms with E-state index in [0.717, 1.165) is 11.3 Å². The Morgan fingerprint density at radius 2 is 1.47 bits per heavy atom. The first-order valence-electron chi connectivity index (χ1n) is 9.61. The van der Waals surface area contributed by atoms with E-state index in [9.17, 15) is 8.42 Å². The molecule has 0 aliphatic heterocycles. The van der Waals surface area contributed by atoms with Gasteiger partial charge in [0.15, 0.2) is 11.5 Å². The van der Waals surface area contributed by atoms with Crippen LogP contribution in [0.4, 0.5) is 0 Å². The van der Waals surface area contributed by atoms with Gasteiger partial charge < -0.3 is 14.2 Å². The molecule has 0 saturated carbocycles. The molecule has 0 spiro atoms. The molecule has 3 aromatic rings. The van der Waals surface area contributed by atoms with Crippen LogP contribution >= 0.6 is 0 Å². The second-order valence-electron chi connectivity index (χ2n) is 6.49. The lowest BCUT2D eigenvalue weighted by atomic mass is 10.2. The van der Waals surface area contributed by atoms with Crippen LogP contribution in [-0.4, -0.2) is 28.7 Å². The van der Waals surface area contributed by atoms with Gasteiger partial charge in [-0.2, -0.15) is 0 Å². The van der Waals surface area contributed by atoms with Crippen molar-refractivity contribution < 1.29 is 22.6 Å². The minimum Gasteiger partial charge on any atom is -0.493 e. The minimum atomic E-state index is -3.69. The van der Waals surface area contributed by atoms with Gasteiger partial charge in [-0.1, -0.05) is 48.5 Å². The molecule has 0 aliphatic carbocycles. The summed E-state index contributed by atoms with van der Waals surface area (Å²) in [5.74, 6) is 1.65. The van der Waals surface area contributed by atoms with E-state index in [2.05, 4.69) is 4.72 Å². The highest BCUT2D eigenvalue weighted by Crippen LogP contribution is 2.30. The maximum Gasteiger partial charge on any atom is 0.241 e. The number of hydrogen-bond acceptors (Lipinski definition) is 5. The number of nitrogens with one attached hydrogen (secondary N) is 1. The number of ether oxygens (including phenoxy) is 3. The third-order valence-electron chi connectivity index (χ3n) is 4.31. The summed E-state index contributed by atoms with van der Waals surface area (Å²) in [7, 11) is -2.17. The molecule has 0 aromatic heterocycles.